The van der Waals surface area contributed by atoms with Crippen molar-refractivity contribution in [3.05, 3.63) is 75.0 Å². The van der Waals surface area contributed by atoms with Gasteiger partial charge in [0.1, 0.15) is 10.5 Å². The van der Waals surface area contributed by atoms with Gasteiger partial charge in [-0.15, -0.1) is 0 Å². The molecular formula is C21H16Cl2N8O3S. The van der Waals surface area contributed by atoms with Gasteiger partial charge in [0.15, 0.2) is 11.5 Å². The third kappa shape index (κ3) is 3.39. The van der Waals surface area contributed by atoms with Crippen LogP contribution < -0.4 is 10.5 Å². The van der Waals surface area contributed by atoms with Crippen LogP contribution in [-0.2, 0) is 9.84 Å². The molecule has 0 amide bonds. The minimum Gasteiger partial charge on any atom is -0.330 e. The van der Waals surface area contributed by atoms with Crippen molar-refractivity contribution in [3.8, 4) is 5.69 Å². The molecule has 178 valence electrons. The number of nitrogens with zero attached hydrogens (tertiary/aromatic N) is 8. The minimum absolute atomic E-state index is 0.170. The molecule has 0 saturated carbocycles. The van der Waals surface area contributed by atoms with E-state index in [2.05, 4.69) is 15.1 Å². The van der Waals surface area contributed by atoms with E-state index in [1.165, 1.54) is 19.8 Å². The maximum Gasteiger partial charge on any atom is 0.284 e. The van der Waals surface area contributed by atoms with Crippen molar-refractivity contribution < 1.29 is 8.42 Å². The van der Waals surface area contributed by atoms with Gasteiger partial charge in [0.2, 0.25) is 15.8 Å². The Bertz CT molecular complexity index is 1800. The molecular weight excluding hydrogens is 515 g/mol. The first-order valence-electron chi connectivity index (χ1n) is 10.5. The molecule has 11 nitrogen and oxygen atoms in total. The molecule has 0 N–H and O–H groups in total. The Hall–Kier alpha value is -3.48. The maximum absolute atomic E-state index is 13.6. The number of benzene rings is 1. The summed E-state index contributed by atoms with van der Waals surface area (Å²) < 4.78 is 28.9. The molecule has 4 aromatic heterocycles. The Kier molecular flexibility index (Phi) is 4.88. The predicted molar refractivity (Wildman–Crippen MR) is 129 cm³/mol. The molecule has 1 atom stereocenters. The highest BCUT2D eigenvalue weighted by Crippen LogP contribution is 2.37. The lowest BCUT2D eigenvalue weighted by Gasteiger charge is -2.41. The molecule has 0 aliphatic carbocycles. The van der Waals surface area contributed by atoms with Crippen LogP contribution in [0, 0.1) is 0 Å². The van der Waals surface area contributed by atoms with Crippen molar-refractivity contribution in [2.45, 2.75) is 17.6 Å². The van der Waals surface area contributed by atoms with Crippen molar-refractivity contribution in [1.29, 1.82) is 0 Å². The van der Waals surface area contributed by atoms with E-state index in [-0.39, 0.29) is 32.9 Å². The zero-order chi connectivity index (χ0) is 24.5. The fourth-order valence-corrected chi connectivity index (χ4v) is 5.04. The molecule has 5 aromatic rings. The third-order valence-electron chi connectivity index (χ3n) is 5.87. The highest BCUT2D eigenvalue weighted by Gasteiger charge is 2.38. The van der Waals surface area contributed by atoms with Crippen LogP contribution in [0.1, 0.15) is 18.3 Å². The number of anilines is 1. The van der Waals surface area contributed by atoms with Gasteiger partial charge in [0.25, 0.3) is 10.7 Å². The summed E-state index contributed by atoms with van der Waals surface area (Å²) in [7, 11) is -3.73. The van der Waals surface area contributed by atoms with Crippen molar-refractivity contribution in [3.63, 3.8) is 0 Å². The summed E-state index contributed by atoms with van der Waals surface area (Å²) in [5.41, 5.74) is 0.727. The van der Waals surface area contributed by atoms with Gasteiger partial charge in [-0.2, -0.15) is 24.7 Å². The second kappa shape index (κ2) is 7.77. The summed E-state index contributed by atoms with van der Waals surface area (Å²) in [5.74, 6) is 0.677. The van der Waals surface area contributed by atoms with Gasteiger partial charge in [-0.25, -0.2) is 12.9 Å². The number of halogens is 2. The van der Waals surface area contributed by atoms with E-state index in [0.29, 0.717) is 29.5 Å². The van der Waals surface area contributed by atoms with Crippen molar-refractivity contribution in [2.75, 3.05) is 17.7 Å². The summed E-state index contributed by atoms with van der Waals surface area (Å²) in [6, 6.07) is 10.3. The number of hydrogen-bond donors (Lipinski definition) is 0. The molecule has 0 bridgehead atoms. The highest BCUT2D eigenvalue weighted by atomic mass is 35.5. The lowest BCUT2D eigenvalue weighted by molar-refractivity contribution is 0.412. The van der Waals surface area contributed by atoms with Gasteiger partial charge < -0.3 is 4.90 Å². The zero-order valence-corrected chi connectivity index (χ0v) is 20.4. The molecule has 1 aliphatic rings. The van der Waals surface area contributed by atoms with E-state index < -0.39 is 15.9 Å². The molecule has 1 aromatic carbocycles. The monoisotopic (exact) mass is 530 g/mol. The summed E-state index contributed by atoms with van der Waals surface area (Å²) in [6.45, 7) is 0.520. The molecule has 0 spiro atoms. The number of sulfone groups is 1. The first-order valence-corrected chi connectivity index (χ1v) is 13.1. The van der Waals surface area contributed by atoms with Gasteiger partial charge in [-0.05, 0) is 24.6 Å². The Morgan fingerprint density at radius 1 is 1.06 bits per heavy atom. The SMILES string of the molecule is CS(=O)(=O)c1nc(N2CC[C@H]2c2nn3ccc(Cl)c3c(=O)n2-c2ccccc2)n2ncc(Cl)c2n1. The van der Waals surface area contributed by atoms with E-state index in [0.717, 1.165) is 6.26 Å². The fraction of sp³-hybridized carbons (Fsp3) is 0.190. The van der Waals surface area contributed by atoms with Crippen molar-refractivity contribution >= 4 is 50.2 Å². The summed E-state index contributed by atoms with van der Waals surface area (Å²) in [6.07, 6.45) is 4.66. The van der Waals surface area contributed by atoms with Crippen molar-refractivity contribution in [2.24, 2.45) is 0 Å². The van der Waals surface area contributed by atoms with E-state index in [9.17, 15) is 13.2 Å². The van der Waals surface area contributed by atoms with Crippen LogP contribution in [0.25, 0.3) is 16.9 Å². The second-order valence-electron chi connectivity index (χ2n) is 8.10. The maximum atomic E-state index is 13.6. The quantitative estimate of drug-likeness (QED) is 0.347. The summed E-state index contributed by atoms with van der Waals surface area (Å²) >= 11 is 12.5. The van der Waals surface area contributed by atoms with Crippen LogP contribution in [0.2, 0.25) is 10.0 Å². The van der Waals surface area contributed by atoms with Gasteiger partial charge in [-0.1, -0.05) is 41.4 Å². The third-order valence-corrected chi connectivity index (χ3v) is 7.29. The van der Waals surface area contributed by atoms with Crippen LogP contribution in [-0.4, -0.2) is 55.0 Å². The van der Waals surface area contributed by atoms with E-state index in [4.69, 9.17) is 28.3 Å². The summed E-state index contributed by atoms with van der Waals surface area (Å²) in [5, 5.41) is 9.08. The first kappa shape index (κ1) is 22.0. The van der Waals surface area contributed by atoms with Crippen LogP contribution in [0.3, 0.4) is 0 Å². The van der Waals surface area contributed by atoms with Crippen molar-refractivity contribution in [1.82, 2.24) is 33.8 Å². The van der Waals surface area contributed by atoms with E-state index >= 15 is 0 Å². The van der Waals surface area contributed by atoms with Crippen LogP contribution in [0.4, 0.5) is 5.95 Å². The largest absolute Gasteiger partial charge is 0.330 e. The molecule has 1 aliphatic heterocycles. The predicted octanol–water partition coefficient (Wildman–Crippen LogP) is 2.58. The average molecular weight is 531 g/mol. The topological polar surface area (TPSA) is 120 Å². The molecule has 14 heteroatoms. The molecule has 0 unspecified atom stereocenters. The minimum atomic E-state index is -3.73. The van der Waals surface area contributed by atoms with Gasteiger partial charge in [0, 0.05) is 19.0 Å². The fourth-order valence-electron chi connectivity index (χ4n) is 4.15. The Morgan fingerprint density at radius 2 is 1.83 bits per heavy atom. The molecule has 35 heavy (non-hydrogen) atoms. The molecule has 6 rings (SSSR count). The Morgan fingerprint density at radius 3 is 2.51 bits per heavy atom. The van der Waals surface area contributed by atoms with Crippen LogP contribution in [0.5, 0.6) is 0 Å². The Balaban J connectivity index is 1.58. The zero-order valence-electron chi connectivity index (χ0n) is 18.1. The number of hydrogen-bond acceptors (Lipinski definition) is 8. The molecule has 1 fully saturated rings. The lowest BCUT2D eigenvalue weighted by atomic mass is 10.0. The second-order valence-corrected chi connectivity index (χ2v) is 10.8. The highest BCUT2D eigenvalue weighted by molar-refractivity contribution is 7.90. The molecule has 0 radical (unpaired) electrons. The standard InChI is InChI=1S/C21H16Cl2N8O3S/c1-35(33,34)20-25-17-14(23)11-24-31(17)21(26-20)28-9-8-15(28)18-27-29-10-7-13(22)16(29)19(32)30(18)12-5-3-2-4-6-12/h2-7,10-11,15H,8-9H2,1H3/t15-/m0/s1. The molecule has 1 saturated heterocycles. The Labute approximate surface area is 208 Å². The number of fused-ring (bicyclic) bond motifs is 2. The van der Waals surface area contributed by atoms with Crippen LogP contribution in [0.15, 0.2) is 58.7 Å². The lowest BCUT2D eigenvalue weighted by Crippen LogP contribution is -2.46. The first-order chi connectivity index (χ1) is 16.7. The summed E-state index contributed by atoms with van der Waals surface area (Å²) in [4.78, 5) is 23.8. The van der Waals surface area contributed by atoms with Gasteiger partial charge in [0.05, 0.1) is 22.9 Å². The van der Waals surface area contributed by atoms with E-state index in [1.807, 2.05) is 23.1 Å². The van der Waals surface area contributed by atoms with Crippen LogP contribution >= 0.6 is 23.2 Å². The smallest absolute Gasteiger partial charge is 0.284 e. The normalized spacial score (nSPS) is 16.2. The van der Waals surface area contributed by atoms with E-state index in [1.54, 1.807) is 24.4 Å². The van der Waals surface area contributed by atoms with Gasteiger partial charge >= 0.3 is 0 Å². The number of rotatable bonds is 4. The average Bonchev–Trinajstić information content (AvgIpc) is 3.36. The molecule has 5 heterocycles. The number of aromatic nitrogens is 7. The van der Waals surface area contributed by atoms with Gasteiger partial charge in [-0.3, -0.25) is 9.36 Å². The number of para-hydroxylation sites is 1.